The number of aryl methyl sites for hydroxylation is 2. The van der Waals surface area contributed by atoms with E-state index in [9.17, 15) is 13.2 Å². The molecule has 0 fully saturated rings. The van der Waals surface area contributed by atoms with E-state index in [2.05, 4.69) is 9.82 Å². The first-order valence-electron chi connectivity index (χ1n) is 5.94. The molecule has 0 saturated carbocycles. The fourth-order valence-corrected chi connectivity index (χ4v) is 3.44. The number of hydrogen-bond acceptors (Lipinski definition) is 4. The van der Waals surface area contributed by atoms with Crippen molar-refractivity contribution in [1.82, 2.24) is 14.5 Å². The molecule has 0 radical (unpaired) electrons. The predicted octanol–water partition coefficient (Wildman–Crippen LogP) is 0.506. The molecule has 1 heterocycles. The molecule has 0 amide bonds. The van der Waals surface area contributed by atoms with Gasteiger partial charge in [-0.1, -0.05) is 20.3 Å². The van der Waals surface area contributed by atoms with Crippen LogP contribution in [0.25, 0.3) is 0 Å². The van der Waals surface area contributed by atoms with Gasteiger partial charge in [0.1, 0.15) is 6.04 Å². The molecule has 0 aromatic carbocycles. The van der Waals surface area contributed by atoms with Crippen molar-refractivity contribution in [2.24, 2.45) is 13.0 Å². The Hall–Kier alpha value is -1.41. The van der Waals surface area contributed by atoms with Gasteiger partial charge >= 0.3 is 5.97 Å². The zero-order valence-electron chi connectivity index (χ0n) is 11.4. The van der Waals surface area contributed by atoms with E-state index in [0.29, 0.717) is 12.0 Å². The normalized spacial score (nSPS) is 15.2. The highest BCUT2D eigenvalue weighted by Gasteiger charge is 2.31. The van der Waals surface area contributed by atoms with E-state index in [-0.39, 0.29) is 10.9 Å². The zero-order valence-corrected chi connectivity index (χ0v) is 12.2. The summed E-state index contributed by atoms with van der Waals surface area (Å²) in [6, 6.07) is -1.15. The first kappa shape index (κ1) is 15.6. The minimum absolute atomic E-state index is 0.0120. The Morgan fingerprint density at radius 1 is 1.58 bits per heavy atom. The van der Waals surface area contributed by atoms with Crippen LogP contribution in [0.5, 0.6) is 0 Å². The van der Waals surface area contributed by atoms with E-state index in [0.717, 1.165) is 0 Å². The van der Waals surface area contributed by atoms with Crippen molar-refractivity contribution in [3.63, 3.8) is 0 Å². The highest BCUT2D eigenvalue weighted by Crippen LogP contribution is 2.16. The number of carbonyl (C=O) groups is 1. The summed E-state index contributed by atoms with van der Waals surface area (Å²) in [6.45, 7) is 5.11. The summed E-state index contributed by atoms with van der Waals surface area (Å²) in [5.41, 5.74) is 0.475. The SMILES string of the molecule is CC[C@H](C)[C@H](NS(=O)(=O)c1c(C)cnn1C)C(=O)O. The largest absolute Gasteiger partial charge is 0.480 e. The predicted molar refractivity (Wildman–Crippen MR) is 69.1 cm³/mol. The number of nitrogens with zero attached hydrogens (tertiary/aromatic N) is 2. The highest BCUT2D eigenvalue weighted by atomic mass is 32.2. The van der Waals surface area contributed by atoms with E-state index in [1.165, 1.54) is 17.9 Å². The number of nitrogens with one attached hydrogen (secondary N) is 1. The maximum atomic E-state index is 12.2. The smallest absolute Gasteiger partial charge is 0.322 e. The van der Waals surface area contributed by atoms with Crippen LogP contribution in [-0.4, -0.2) is 35.3 Å². The Kier molecular flexibility index (Phi) is 4.70. The molecule has 0 aliphatic rings. The van der Waals surface area contributed by atoms with E-state index in [4.69, 9.17) is 5.11 Å². The molecular formula is C11H19N3O4S. The summed E-state index contributed by atoms with van der Waals surface area (Å²) < 4.78 is 27.9. The van der Waals surface area contributed by atoms with Gasteiger partial charge in [0, 0.05) is 12.6 Å². The minimum atomic E-state index is -3.91. The van der Waals surface area contributed by atoms with Crippen molar-refractivity contribution in [1.29, 1.82) is 0 Å². The first-order valence-corrected chi connectivity index (χ1v) is 7.42. The van der Waals surface area contributed by atoms with E-state index in [1.807, 2.05) is 6.92 Å². The number of aliphatic carboxylic acids is 1. The van der Waals surface area contributed by atoms with Crippen molar-refractivity contribution in [2.45, 2.75) is 38.3 Å². The van der Waals surface area contributed by atoms with Crippen molar-refractivity contribution in [3.05, 3.63) is 11.8 Å². The van der Waals surface area contributed by atoms with Crippen LogP contribution in [-0.2, 0) is 21.9 Å². The Bertz CT molecular complexity index is 545. The molecule has 108 valence electrons. The molecule has 7 nitrogen and oxygen atoms in total. The summed E-state index contributed by atoms with van der Waals surface area (Å²) in [4.78, 5) is 11.2. The second kappa shape index (κ2) is 5.70. The zero-order chi connectivity index (χ0) is 14.8. The Morgan fingerprint density at radius 2 is 2.16 bits per heavy atom. The average molecular weight is 289 g/mol. The second-order valence-corrected chi connectivity index (χ2v) is 6.21. The second-order valence-electron chi connectivity index (χ2n) is 4.58. The molecule has 2 atom stereocenters. The number of sulfonamides is 1. The fourth-order valence-electron chi connectivity index (χ4n) is 1.79. The number of carboxylic acids is 1. The molecule has 0 aliphatic heterocycles. The van der Waals surface area contributed by atoms with Crippen molar-refractivity contribution in [3.8, 4) is 0 Å². The number of carboxylic acid groups (broad SMARTS) is 1. The lowest BCUT2D eigenvalue weighted by Crippen LogP contribution is -2.45. The molecule has 19 heavy (non-hydrogen) atoms. The minimum Gasteiger partial charge on any atom is -0.480 e. The molecule has 1 aromatic rings. The Labute approximate surface area is 112 Å². The summed E-state index contributed by atoms with van der Waals surface area (Å²) in [5, 5.41) is 13.0. The van der Waals surface area contributed by atoms with Gasteiger partial charge in [0.05, 0.1) is 6.20 Å². The van der Waals surface area contributed by atoms with E-state index >= 15 is 0 Å². The van der Waals surface area contributed by atoms with Gasteiger partial charge in [-0.3, -0.25) is 9.48 Å². The van der Waals surface area contributed by atoms with Gasteiger partial charge in [-0.2, -0.15) is 9.82 Å². The molecule has 0 unspecified atom stereocenters. The number of hydrogen-bond donors (Lipinski definition) is 2. The van der Waals surface area contributed by atoms with Gasteiger partial charge in [0.2, 0.25) is 0 Å². The standard InChI is InChI=1S/C11H19N3O4S/c1-5-7(2)9(11(15)16)13-19(17,18)10-8(3)6-12-14(10)4/h6-7,9,13H,5H2,1-4H3,(H,15,16)/t7-,9-/m0/s1. The summed E-state index contributed by atoms with van der Waals surface area (Å²) >= 11 is 0. The van der Waals surface area contributed by atoms with Gasteiger partial charge < -0.3 is 5.11 Å². The van der Waals surface area contributed by atoms with Crippen LogP contribution in [0.2, 0.25) is 0 Å². The average Bonchev–Trinajstić information content (AvgIpc) is 2.65. The van der Waals surface area contributed by atoms with Crippen molar-refractivity contribution < 1.29 is 18.3 Å². The van der Waals surface area contributed by atoms with Gasteiger partial charge in [0.15, 0.2) is 5.03 Å². The lowest BCUT2D eigenvalue weighted by molar-refractivity contribution is -0.140. The van der Waals surface area contributed by atoms with E-state index < -0.39 is 22.0 Å². The van der Waals surface area contributed by atoms with Crippen LogP contribution < -0.4 is 4.72 Å². The molecule has 1 aromatic heterocycles. The van der Waals surface area contributed by atoms with Gasteiger partial charge in [-0.05, 0) is 12.8 Å². The van der Waals surface area contributed by atoms with Crippen molar-refractivity contribution in [2.75, 3.05) is 0 Å². The third-order valence-corrected chi connectivity index (χ3v) is 4.73. The quantitative estimate of drug-likeness (QED) is 0.794. The summed E-state index contributed by atoms with van der Waals surface area (Å²) in [6.07, 6.45) is 1.98. The summed E-state index contributed by atoms with van der Waals surface area (Å²) in [7, 11) is -2.41. The van der Waals surface area contributed by atoms with Gasteiger partial charge in [-0.25, -0.2) is 8.42 Å². The molecule has 0 saturated heterocycles. The molecule has 0 bridgehead atoms. The van der Waals surface area contributed by atoms with Crippen LogP contribution in [0.4, 0.5) is 0 Å². The third kappa shape index (κ3) is 3.32. The maximum Gasteiger partial charge on any atom is 0.322 e. The van der Waals surface area contributed by atoms with Crippen LogP contribution >= 0.6 is 0 Å². The van der Waals surface area contributed by atoms with Crippen LogP contribution in [0.15, 0.2) is 11.2 Å². The topological polar surface area (TPSA) is 101 Å². The van der Waals surface area contributed by atoms with Gasteiger partial charge in [-0.15, -0.1) is 0 Å². The molecule has 2 N–H and O–H groups in total. The first-order chi connectivity index (χ1) is 8.70. The Balaban J connectivity index is 3.12. The fraction of sp³-hybridized carbons (Fsp3) is 0.636. The molecule has 0 spiro atoms. The van der Waals surface area contributed by atoms with Crippen LogP contribution in [0.1, 0.15) is 25.8 Å². The Morgan fingerprint density at radius 3 is 2.53 bits per heavy atom. The third-order valence-electron chi connectivity index (χ3n) is 3.07. The molecule has 1 rings (SSSR count). The van der Waals surface area contributed by atoms with Crippen LogP contribution in [0, 0.1) is 12.8 Å². The number of rotatable bonds is 6. The lowest BCUT2D eigenvalue weighted by Gasteiger charge is -2.20. The van der Waals surface area contributed by atoms with E-state index in [1.54, 1.807) is 13.8 Å². The highest BCUT2D eigenvalue weighted by molar-refractivity contribution is 7.89. The monoisotopic (exact) mass is 289 g/mol. The van der Waals surface area contributed by atoms with Gasteiger partial charge in [0.25, 0.3) is 10.0 Å². The lowest BCUT2D eigenvalue weighted by atomic mass is 10.0. The molecule has 0 aliphatic carbocycles. The van der Waals surface area contributed by atoms with Crippen LogP contribution in [0.3, 0.4) is 0 Å². The maximum absolute atomic E-state index is 12.2. The molecule has 8 heteroatoms. The van der Waals surface area contributed by atoms with Crippen molar-refractivity contribution >= 4 is 16.0 Å². The molecular weight excluding hydrogens is 270 g/mol. The summed E-state index contributed by atoms with van der Waals surface area (Å²) in [5.74, 6) is -1.49. The number of aromatic nitrogens is 2.